The van der Waals surface area contributed by atoms with Gasteiger partial charge in [-0.3, -0.25) is 9.59 Å². The molecule has 1 aromatic heterocycles. The number of piperazine rings is 1. The molecule has 6 rings (SSSR count). The lowest BCUT2D eigenvalue weighted by molar-refractivity contribution is -0.159. The summed E-state index contributed by atoms with van der Waals surface area (Å²) in [7, 11) is 0. The average molecular weight is 341 g/mol. The van der Waals surface area contributed by atoms with Gasteiger partial charge in [0.1, 0.15) is 0 Å². The van der Waals surface area contributed by atoms with Gasteiger partial charge in [0.25, 0.3) is 5.91 Å². The molecule has 0 unspecified atom stereocenters. The fourth-order valence-corrected chi connectivity index (χ4v) is 6.46. The molecule has 25 heavy (non-hydrogen) atoms. The smallest absolute Gasteiger partial charge is 0.255 e. The molecule has 5 aliphatic rings. The molecule has 1 aliphatic heterocycles. The van der Waals surface area contributed by atoms with E-state index in [9.17, 15) is 9.59 Å². The molecule has 4 saturated carbocycles. The second-order valence-electron chi connectivity index (χ2n) is 8.88. The van der Waals surface area contributed by atoms with Crippen LogP contribution in [-0.4, -0.2) is 52.8 Å². The van der Waals surface area contributed by atoms with E-state index in [2.05, 4.69) is 9.88 Å². The van der Waals surface area contributed by atoms with Crippen LogP contribution in [0, 0.1) is 23.2 Å². The van der Waals surface area contributed by atoms with Crippen LogP contribution < -0.4 is 0 Å². The third kappa shape index (κ3) is 2.51. The van der Waals surface area contributed by atoms with E-state index in [1.165, 1.54) is 19.3 Å². The lowest BCUT2D eigenvalue weighted by Gasteiger charge is -2.57. The molecule has 1 aromatic rings. The molecular weight excluding hydrogens is 314 g/mol. The molecule has 4 bridgehead atoms. The monoisotopic (exact) mass is 341 g/mol. The third-order valence-corrected chi connectivity index (χ3v) is 7.19. The molecule has 0 spiro atoms. The number of H-pyrrole nitrogens is 1. The maximum absolute atomic E-state index is 13.4. The molecule has 0 atom stereocenters. The van der Waals surface area contributed by atoms with Crippen LogP contribution in [0.4, 0.5) is 0 Å². The van der Waals surface area contributed by atoms with E-state index in [-0.39, 0.29) is 11.3 Å². The van der Waals surface area contributed by atoms with Crippen LogP contribution in [0.1, 0.15) is 48.9 Å². The van der Waals surface area contributed by atoms with Gasteiger partial charge < -0.3 is 14.8 Å². The summed E-state index contributed by atoms with van der Waals surface area (Å²) in [5.74, 6) is 2.87. The van der Waals surface area contributed by atoms with Crippen molar-refractivity contribution >= 4 is 11.8 Å². The van der Waals surface area contributed by atoms with Crippen LogP contribution in [0.25, 0.3) is 0 Å². The van der Waals surface area contributed by atoms with Crippen LogP contribution in [0.3, 0.4) is 0 Å². The van der Waals surface area contributed by atoms with Crippen LogP contribution in [-0.2, 0) is 4.79 Å². The molecule has 0 aromatic carbocycles. The number of aromatic amines is 1. The first-order valence-electron chi connectivity index (χ1n) is 9.84. The molecule has 5 fully saturated rings. The van der Waals surface area contributed by atoms with E-state index in [1.54, 1.807) is 12.4 Å². The van der Waals surface area contributed by atoms with Gasteiger partial charge in [0.15, 0.2) is 0 Å². The van der Waals surface area contributed by atoms with Gasteiger partial charge in [-0.25, -0.2) is 0 Å². The minimum atomic E-state index is -0.0540. The Morgan fingerprint density at radius 1 is 0.920 bits per heavy atom. The highest BCUT2D eigenvalue weighted by Crippen LogP contribution is 2.60. The van der Waals surface area contributed by atoms with Gasteiger partial charge in [-0.05, 0) is 62.3 Å². The Morgan fingerprint density at radius 2 is 1.48 bits per heavy atom. The van der Waals surface area contributed by atoms with E-state index in [1.807, 2.05) is 11.0 Å². The van der Waals surface area contributed by atoms with Crippen molar-refractivity contribution in [2.75, 3.05) is 26.2 Å². The SMILES string of the molecule is O=C(c1cc[nH]c1)N1CCN(C(=O)C23CC4CC(CC(C4)C2)C3)CC1. The van der Waals surface area contributed by atoms with Crippen molar-refractivity contribution in [1.29, 1.82) is 0 Å². The van der Waals surface area contributed by atoms with Crippen molar-refractivity contribution < 1.29 is 9.59 Å². The number of aromatic nitrogens is 1. The van der Waals surface area contributed by atoms with Crippen molar-refractivity contribution in [3.63, 3.8) is 0 Å². The summed E-state index contributed by atoms with van der Waals surface area (Å²) in [6, 6.07) is 1.81. The zero-order valence-corrected chi connectivity index (χ0v) is 14.7. The Hall–Kier alpha value is -1.78. The topological polar surface area (TPSA) is 56.4 Å². The van der Waals surface area contributed by atoms with Gasteiger partial charge in [-0.2, -0.15) is 0 Å². The zero-order valence-electron chi connectivity index (χ0n) is 14.7. The molecule has 5 nitrogen and oxygen atoms in total. The molecule has 134 valence electrons. The number of hydrogen-bond donors (Lipinski definition) is 1. The summed E-state index contributed by atoms with van der Waals surface area (Å²) in [6.45, 7) is 2.69. The Balaban J connectivity index is 1.25. The second kappa shape index (κ2) is 5.61. The summed E-state index contributed by atoms with van der Waals surface area (Å²) in [6.07, 6.45) is 11.0. The normalized spacial score (nSPS) is 36.7. The van der Waals surface area contributed by atoms with Gasteiger partial charge >= 0.3 is 0 Å². The predicted octanol–water partition coefficient (Wildman–Crippen LogP) is 2.52. The third-order valence-electron chi connectivity index (χ3n) is 7.19. The second-order valence-corrected chi connectivity index (χ2v) is 8.88. The number of nitrogens with zero attached hydrogens (tertiary/aromatic N) is 2. The lowest BCUT2D eigenvalue weighted by Crippen LogP contribution is -2.58. The fraction of sp³-hybridized carbons (Fsp3) is 0.700. The molecule has 1 N–H and O–H groups in total. The minimum Gasteiger partial charge on any atom is -0.367 e. The Labute approximate surface area is 148 Å². The summed E-state index contributed by atoms with van der Waals surface area (Å²) in [4.78, 5) is 32.7. The van der Waals surface area contributed by atoms with Gasteiger partial charge in [0.05, 0.1) is 11.0 Å². The van der Waals surface area contributed by atoms with Crippen molar-refractivity contribution in [3.8, 4) is 0 Å². The zero-order chi connectivity index (χ0) is 17.0. The highest BCUT2D eigenvalue weighted by Gasteiger charge is 2.55. The number of nitrogens with one attached hydrogen (secondary N) is 1. The fourth-order valence-electron chi connectivity index (χ4n) is 6.46. The van der Waals surface area contributed by atoms with E-state index < -0.39 is 0 Å². The Kier molecular flexibility index (Phi) is 3.47. The lowest BCUT2D eigenvalue weighted by atomic mass is 9.49. The number of rotatable bonds is 2. The van der Waals surface area contributed by atoms with Crippen LogP contribution in [0.2, 0.25) is 0 Å². The van der Waals surface area contributed by atoms with E-state index in [4.69, 9.17) is 0 Å². The first kappa shape index (κ1) is 15.5. The Morgan fingerprint density at radius 3 is 2.00 bits per heavy atom. The first-order valence-corrected chi connectivity index (χ1v) is 9.84. The van der Waals surface area contributed by atoms with Crippen LogP contribution in [0.5, 0.6) is 0 Å². The molecule has 2 heterocycles. The maximum Gasteiger partial charge on any atom is 0.255 e. The molecule has 5 heteroatoms. The molecule has 0 radical (unpaired) electrons. The van der Waals surface area contributed by atoms with Gasteiger partial charge in [0, 0.05) is 38.6 Å². The highest BCUT2D eigenvalue weighted by molar-refractivity contribution is 5.94. The predicted molar refractivity (Wildman–Crippen MR) is 93.9 cm³/mol. The largest absolute Gasteiger partial charge is 0.367 e. The van der Waals surface area contributed by atoms with Gasteiger partial charge in [-0.1, -0.05) is 0 Å². The average Bonchev–Trinajstić information content (AvgIpc) is 3.14. The highest BCUT2D eigenvalue weighted by atomic mass is 16.2. The maximum atomic E-state index is 13.4. The van der Waals surface area contributed by atoms with Crippen molar-refractivity contribution in [2.45, 2.75) is 38.5 Å². The standard InChI is InChI=1S/C20H27N3O2/c24-18(17-1-2-21-13-17)22-3-5-23(6-4-22)19(25)20-10-14-7-15(11-20)9-16(8-14)12-20/h1-2,13-16,21H,3-12H2. The summed E-state index contributed by atoms with van der Waals surface area (Å²) >= 11 is 0. The molecular formula is C20H27N3O2. The molecule has 1 saturated heterocycles. The first-order chi connectivity index (χ1) is 12.1. The van der Waals surface area contributed by atoms with Crippen LogP contribution >= 0.6 is 0 Å². The van der Waals surface area contributed by atoms with Crippen LogP contribution in [0.15, 0.2) is 18.5 Å². The number of carbonyl (C=O) groups excluding carboxylic acids is 2. The number of amides is 2. The summed E-state index contributed by atoms with van der Waals surface area (Å²) in [5.41, 5.74) is 0.655. The van der Waals surface area contributed by atoms with E-state index >= 15 is 0 Å². The van der Waals surface area contributed by atoms with Crippen molar-refractivity contribution in [2.24, 2.45) is 23.2 Å². The van der Waals surface area contributed by atoms with Crippen molar-refractivity contribution in [3.05, 3.63) is 24.0 Å². The summed E-state index contributed by atoms with van der Waals surface area (Å²) in [5, 5.41) is 0. The Bertz CT molecular complexity index is 638. The number of carbonyl (C=O) groups is 2. The quantitative estimate of drug-likeness (QED) is 0.899. The van der Waals surface area contributed by atoms with Gasteiger partial charge in [-0.15, -0.1) is 0 Å². The van der Waals surface area contributed by atoms with Gasteiger partial charge in [0.2, 0.25) is 5.91 Å². The van der Waals surface area contributed by atoms with E-state index in [0.717, 1.165) is 37.0 Å². The molecule has 4 aliphatic carbocycles. The minimum absolute atomic E-state index is 0.0540. The van der Waals surface area contributed by atoms with Crippen molar-refractivity contribution in [1.82, 2.24) is 14.8 Å². The molecule has 2 amide bonds. The summed E-state index contributed by atoms with van der Waals surface area (Å²) < 4.78 is 0. The van der Waals surface area contributed by atoms with E-state index in [0.29, 0.717) is 37.6 Å². The number of hydrogen-bond acceptors (Lipinski definition) is 2.